The van der Waals surface area contributed by atoms with Crippen LogP contribution < -0.4 is 9.03 Å². The summed E-state index contributed by atoms with van der Waals surface area (Å²) in [4.78, 5) is 0.251. The molecule has 0 spiro atoms. The molecule has 146 valence electrons. The van der Waals surface area contributed by atoms with E-state index in [1.54, 1.807) is 31.2 Å². The second kappa shape index (κ2) is 6.83. The van der Waals surface area contributed by atoms with E-state index in [1.807, 2.05) is 19.9 Å². The average molecular weight is 409 g/mol. The number of anilines is 2. The van der Waals surface area contributed by atoms with Gasteiger partial charge in [0, 0.05) is 12.2 Å². The van der Waals surface area contributed by atoms with Gasteiger partial charge >= 0.3 is 0 Å². The molecule has 8 heteroatoms. The number of rotatable bonds is 4. The maximum Gasteiger partial charge on any atom is 0.262 e. The second-order valence-electron chi connectivity index (χ2n) is 7.09. The summed E-state index contributed by atoms with van der Waals surface area (Å²) in [6.45, 7) is 6.05. The number of benzene rings is 2. The third kappa shape index (κ3) is 3.96. The minimum atomic E-state index is -3.73. The van der Waals surface area contributed by atoms with Crippen molar-refractivity contribution in [2.24, 2.45) is 0 Å². The van der Waals surface area contributed by atoms with Crippen LogP contribution in [0.5, 0.6) is 0 Å². The van der Waals surface area contributed by atoms with Crippen LogP contribution in [0.2, 0.25) is 0 Å². The van der Waals surface area contributed by atoms with E-state index in [-0.39, 0.29) is 4.90 Å². The molecule has 27 heavy (non-hydrogen) atoms. The topological polar surface area (TPSA) is 83.6 Å². The molecule has 0 fully saturated rings. The molecular formula is C19H24N2O4S2. The maximum absolute atomic E-state index is 12.9. The van der Waals surface area contributed by atoms with Gasteiger partial charge in [0.1, 0.15) is 0 Å². The molecule has 2 aromatic carbocycles. The first-order valence-corrected chi connectivity index (χ1v) is 12.0. The van der Waals surface area contributed by atoms with Crippen LogP contribution in [-0.2, 0) is 26.5 Å². The normalized spacial score (nSPS) is 14.7. The summed E-state index contributed by atoms with van der Waals surface area (Å²) in [7, 11) is -7.08. The lowest BCUT2D eigenvalue weighted by Crippen LogP contribution is -2.34. The quantitative estimate of drug-likeness (QED) is 0.842. The average Bonchev–Trinajstić information content (AvgIpc) is 2.56. The van der Waals surface area contributed by atoms with Crippen molar-refractivity contribution in [1.82, 2.24) is 0 Å². The van der Waals surface area contributed by atoms with Gasteiger partial charge in [-0.15, -0.1) is 0 Å². The summed E-state index contributed by atoms with van der Waals surface area (Å²) in [6.07, 6.45) is 2.59. The van der Waals surface area contributed by atoms with Crippen molar-refractivity contribution in [3.05, 3.63) is 52.6 Å². The number of aryl methyl sites for hydroxylation is 4. The lowest BCUT2D eigenvalue weighted by Gasteiger charge is -2.29. The standard InChI is InChI=1S/C19H24N2O4S2/c1-13-10-15(3)19(11-14(13)2)27(24,25)20-17-7-8-18-16(12-17)6-5-9-21(18)26(4,22)23/h7-8,10-12,20H,5-6,9H2,1-4H3. The molecule has 0 atom stereocenters. The Hall–Kier alpha value is -2.06. The molecule has 1 aliphatic heterocycles. The van der Waals surface area contributed by atoms with Crippen LogP contribution in [0.1, 0.15) is 28.7 Å². The number of hydrogen-bond acceptors (Lipinski definition) is 4. The van der Waals surface area contributed by atoms with E-state index in [4.69, 9.17) is 0 Å². The zero-order chi connectivity index (χ0) is 20.0. The van der Waals surface area contributed by atoms with E-state index in [0.717, 1.165) is 16.7 Å². The molecule has 0 aromatic heterocycles. The van der Waals surface area contributed by atoms with Gasteiger partial charge in [0.15, 0.2) is 0 Å². The Morgan fingerprint density at radius 2 is 1.59 bits per heavy atom. The van der Waals surface area contributed by atoms with E-state index < -0.39 is 20.0 Å². The smallest absolute Gasteiger partial charge is 0.262 e. The Morgan fingerprint density at radius 3 is 2.26 bits per heavy atom. The molecule has 1 aliphatic rings. The van der Waals surface area contributed by atoms with E-state index in [9.17, 15) is 16.8 Å². The van der Waals surface area contributed by atoms with Gasteiger partial charge in [-0.2, -0.15) is 0 Å². The highest BCUT2D eigenvalue weighted by atomic mass is 32.2. The van der Waals surface area contributed by atoms with Crippen LogP contribution in [-0.4, -0.2) is 29.6 Å². The fourth-order valence-electron chi connectivity index (χ4n) is 3.40. The maximum atomic E-state index is 12.9. The molecule has 1 heterocycles. The van der Waals surface area contributed by atoms with Crippen LogP contribution in [0.3, 0.4) is 0 Å². The Kier molecular flexibility index (Phi) is 4.98. The van der Waals surface area contributed by atoms with Gasteiger partial charge in [-0.25, -0.2) is 16.8 Å². The lowest BCUT2D eigenvalue weighted by molar-refractivity contribution is 0.592. The molecule has 0 aliphatic carbocycles. The summed E-state index contributed by atoms with van der Waals surface area (Å²) >= 11 is 0. The van der Waals surface area contributed by atoms with Gasteiger partial charge in [-0.1, -0.05) is 6.07 Å². The third-order valence-corrected chi connectivity index (χ3v) is 7.59. The zero-order valence-corrected chi connectivity index (χ0v) is 17.5. The predicted molar refractivity (Wildman–Crippen MR) is 108 cm³/mol. The van der Waals surface area contributed by atoms with Gasteiger partial charge in [0.25, 0.3) is 10.0 Å². The Balaban J connectivity index is 1.96. The number of sulfonamides is 2. The summed E-state index contributed by atoms with van der Waals surface area (Å²) in [5.41, 5.74) is 4.52. The van der Waals surface area contributed by atoms with E-state index in [2.05, 4.69) is 4.72 Å². The third-order valence-electron chi connectivity index (χ3n) is 4.89. The first kappa shape index (κ1) is 19.7. The van der Waals surface area contributed by atoms with E-state index in [0.29, 0.717) is 36.3 Å². The molecule has 0 amide bonds. The van der Waals surface area contributed by atoms with Crippen LogP contribution >= 0.6 is 0 Å². The zero-order valence-electron chi connectivity index (χ0n) is 15.9. The Bertz CT molecular complexity index is 1110. The number of fused-ring (bicyclic) bond motifs is 1. The molecular weight excluding hydrogens is 384 g/mol. The van der Waals surface area contributed by atoms with Crippen molar-refractivity contribution in [3.8, 4) is 0 Å². The molecule has 0 radical (unpaired) electrons. The second-order valence-corrected chi connectivity index (χ2v) is 10.6. The van der Waals surface area contributed by atoms with Gasteiger partial charge in [0.2, 0.25) is 10.0 Å². The van der Waals surface area contributed by atoms with Crippen LogP contribution in [0.25, 0.3) is 0 Å². The molecule has 6 nitrogen and oxygen atoms in total. The van der Waals surface area contributed by atoms with Gasteiger partial charge in [0.05, 0.1) is 16.8 Å². The van der Waals surface area contributed by atoms with Crippen molar-refractivity contribution in [2.75, 3.05) is 21.8 Å². The summed E-state index contributed by atoms with van der Waals surface area (Å²) in [6, 6.07) is 8.54. The summed E-state index contributed by atoms with van der Waals surface area (Å²) in [5, 5.41) is 0. The molecule has 0 unspecified atom stereocenters. The monoisotopic (exact) mass is 408 g/mol. The minimum absolute atomic E-state index is 0.251. The fraction of sp³-hybridized carbons (Fsp3) is 0.368. The van der Waals surface area contributed by atoms with E-state index in [1.165, 1.54) is 10.6 Å². The summed E-state index contributed by atoms with van der Waals surface area (Å²) in [5.74, 6) is 0. The highest BCUT2D eigenvalue weighted by Crippen LogP contribution is 2.32. The molecule has 0 saturated heterocycles. The molecule has 0 bridgehead atoms. The molecule has 0 saturated carbocycles. The molecule has 3 rings (SSSR count). The minimum Gasteiger partial charge on any atom is -0.280 e. The van der Waals surface area contributed by atoms with Crippen molar-refractivity contribution in [3.63, 3.8) is 0 Å². The largest absolute Gasteiger partial charge is 0.280 e. The van der Waals surface area contributed by atoms with Crippen molar-refractivity contribution in [1.29, 1.82) is 0 Å². The van der Waals surface area contributed by atoms with Crippen molar-refractivity contribution in [2.45, 2.75) is 38.5 Å². The van der Waals surface area contributed by atoms with Crippen LogP contribution in [0.15, 0.2) is 35.2 Å². The van der Waals surface area contributed by atoms with Gasteiger partial charge in [-0.05, 0) is 80.1 Å². The Labute approximate surface area is 161 Å². The van der Waals surface area contributed by atoms with Gasteiger partial charge < -0.3 is 0 Å². The highest BCUT2D eigenvalue weighted by molar-refractivity contribution is 7.92. The molecule has 2 aromatic rings. The fourth-order valence-corrected chi connectivity index (χ4v) is 5.76. The SMILES string of the molecule is Cc1cc(C)c(S(=O)(=O)Nc2ccc3c(c2)CCCN3S(C)(=O)=O)cc1C. The first-order valence-electron chi connectivity index (χ1n) is 8.70. The molecule has 1 N–H and O–H groups in total. The van der Waals surface area contributed by atoms with Crippen molar-refractivity contribution < 1.29 is 16.8 Å². The van der Waals surface area contributed by atoms with Crippen LogP contribution in [0, 0.1) is 20.8 Å². The first-order chi connectivity index (χ1) is 12.5. The van der Waals surface area contributed by atoms with Crippen LogP contribution in [0.4, 0.5) is 11.4 Å². The Morgan fingerprint density at radius 1 is 0.926 bits per heavy atom. The summed E-state index contributed by atoms with van der Waals surface area (Å²) < 4.78 is 53.6. The number of hydrogen-bond donors (Lipinski definition) is 1. The number of nitrogens with one attached hydrogen (secondary N) is 1. The van der Waals surface area contributed by atoms with E-state index >= 15 is 0 Å². The number of nitrogens with zero attached hydrogens (tertiary/aromatic N) is 1. The highest BCUT2D eigenvalue weighted by Gasteiger charge is 2.25. The van der Waals surface area contributed by atoms with Crippen molar-refractivity contribution >= 4 is 31.4 Å². The van der Waals surface area contributed by atoms with Gasteiger partial charge in [-0.3, -0.25) is 9.03 Å². The lowest BCUT2D eigenvalue weighted by atomic mass is 10.0. The predicted octanol–water partition coefficient (Wildman–Crippen LogP) is 3.12.